The number of aliphatic hydroxyl groups is 5. The predicted molar refractivity (Wildman–Crippen MR) is 92.2 cm³/mol. The zero-order chi connectivity index (χ0) is 19.5. The monoisotopic (exact) mass is 369 g/mol. The predicted octanol–water partition coefficient (Wildman–Crippen LogP) is -2.04. The zero-order valence-electron chi connectivity index (χ0n) is 14.1. The Morgan fingerprint density at radius 1 is 1.27 bits per heavy atom. The molecule has 2 heterocycles. The molecule has 11 heteroatoms. The van der Waals surface area contributed by atoms with E-state index in [1.807, 2.05) is 13.0 Å². The maximum atomic E-state index is 9.76. The van der Waals surface area contributed by atoms with E-state index in [2.05, 4.69) is 25.3 Å². The topological polar surface area (TPSA) is 185 Å². The minimum Gasteiger partial charge on any atom is -0.394 e. The quantitative estimate of drug-likeness (QED) is 0.202. The molecule has 2 aromatic rings. The number of imidazole rings is 1. The van der Waals surface area contributed by atoms with Crippen LogP contribution in [-0.4, -0.2) is 89.8 Å². The molecule has 0 aliphatic heterocycles. The minimum atomic E-state index is -1.64. The van der Waals surface area contributed by atoms with Crippen LogP contribution in [0.4, 0.5) is 5.82 Å². The number of nitrogens with zero attached hydrogens (tertiary/aromatic N) is 3. The Bertz CT molecular complexity index is 707. The number of H-pyrrole nitrogens is 1. The van der Waals surface area contributed by atoms with Crippen LogP contribution in [0, 0.1) is 0 Å². The second-order valence-electron chi connectivity index (χ2n) is 5.28. The number of aromatic amines is 1. The first-order valence-corrected chi connectivity index (χ1v) is 7.69. The molecule has 0 aromatic carbocycles. The van der Waals surface area contributed by atoms with Gasteiger partial charge in [0, 0.05) is 6.54 Å². The first-order valence-electron chi connectivity index (χ1n) is 7.69. The van der Waals surface area contributed by atoms with Crippen molar-refractivity contribution in [3.63, 3.8) is 0 Å². The molecule has 0 fully saturated rings. The van der Waals surface area contributed by atoms with Crippen molar-refractivity contribution in [2.75, 3.05) is 25.1 Å². The van der Waals surface area contributed by atoms with E-state index in [-0.39, 0.29) is 12.9 Å². The number of rotatable bonds is 8. The molecule has 0 saturated heterocycles. The second-order valence-corrected chi connectivity index (χ2v) is 5.28. The van der Waals surface area contributed by atoms with Gasteiger partial charge in [-0.1, -0.05) is 11.6 Å². The maximum absolute atomic E-state index is 9.76. The summed E-state index contributed by atoms with van der Waals surface area (Å²) in [6, 6.07) is 0. The Hall–Kier alpha value is -2.44. The smallest absolute Gasteiger partial charge is 0.162 e. The molecule has 0 radical (unpaired) electrons. The molecular formula is C15H23N5O6. The molecule has 11 nitrogen and oxygen atoms in total. The summed E-state index contributed by atoms with van der Waals surface area (Å²) in [6.07, 6.45) is 0.333. The van der Waals surface area contributed by atoms with E-state index >= 15 is 0 Å². The van der Waals surface area contributed by atoms with Crippen molar-refractivity contribution in [1.82, 2.24) is 19.9 Å². The Kier molecular flexibility index (Phi) is 9.33. The van der Waals surface area contributed by atoms with E-state index in [0.29, 0.717) is 18.0 Å². The average Bonchev–Trinajstić information content (AvgIpc) is 3.16. The van der Waals surface area contributed by atoms with Crippen molar-refractivity contribution in [2.45, 2.75) is 25.2 Å². The second kappa shape index (κ2) is 11.2. The molecule has 7 N–H and O–H groups in total. The van der Waals surface area contributed by atoms with Gasteiger partial charge in [0.15, 0.2) is 17.8 Å². The van der Waals surface area contributed by atoms with Crippen LogP contribution in [0.3, 0.4) is 0 Å². The van der Waals surface area contributed by atoms with Crippen LogP contribution in [0.1, 0.15) is 6.92 Å². The Morgan fingerprint density at radius 2 is 2.00 bits per heavy atom. The number of fused-ring (bicyclic) bond motifs is 1. The van der Waals surface area contributed by atoms with Gasteiger partial charge in [-0.15, -0.1) is 0 Å². The van der Waals surface area contributed by atoms with E-state index in [1.165, 1.54) is 6.33 Å². The minimum absolute atomic E-state index is 0.0727. The summed E-state index contributed by atoms with van der Waals surface area (Å²) in [7, 11) is 0. The highest BCUT2D eigenvalue weighted by atomic mass is 16.4. The van der Waals surface area contributed by atoms with Gasteiger partial charge >= 0.3 is 0 Å². The molecular weight excluding hydrogens is 346 g/mol. The number of aldehydes is 1. The summed E-state index contributed by atoms with van der Waals surface area (Å²) in [5, 5.41) is 46.0. The Labute approximate surface area is 149 Å². The molecule has 0 aliphatic rings. The third-order valence-electron chi connectivity index (χ3n) is 3.26. The van der Waals surface area contributed by atoms with Crippen LogP contribution < -0.4 is 5.32 Å². The van der Waals surface area contributed by atoms with E-state index in [0.717, 1.165) is 11.1 Å². The van der Waals surface area contributed by atoms with Crippen LogP contribution in [0.15, 0.2) is 24.3 Å². The third-order valence-corrected chi connectivity index (χ3v) is 3.26. The molecule has 2 rings (SSSR count). The highest BCUT2D eigenvalue weighted by Gasteiger charge is 2.22. The van der Waals surface area contributed by atoms with Crippen molar-refractivity contribution in [3.8, 4) is 0 Å². The first kappa shape index (κ1) is 21.6. The van der Waals surface area contributed by atoms with Gasteiger partial charge in [-0.2, -0.15) is 0 Å². The standard InChI is InChI=1S/C10H13N5O.C5H10O5/c1-7(4-16)2-3-11-9-8-10(13-5-12-8)15-6-14-9;6-1-3(8)5(10)4(9)2-7/h2,5-6,16H,3-4H2,1H3,(H2,11,12,13,14,15);1,3-5,7-10H,2H2/b7-2+;/t;3-,4+,5-/m.0/s1. The number of carbonyl (C=O) groups excluding carboxylic acids is 1. The van der Waals surface area contributed by atoms with Gasteiger partial charge in [0.25, 0.3) is 0 Å². The van der Waals surface area contributed by atoms with Crippen molar-refractivity contribution >= 4 is 23.3 Å². The molecule has 26 heavy (non-hydrogen) atoms. The lowest BCUT2D eigenvalue weighted by Crippen LogP contribution is -2.40. The van der Waals surface area contributed by atoms with E-state index in [4.69, 9.17) is 25.5 Å². The Balaban J connectivity index is 0.000000294. The van der Waals surface area contributed by atoms with Gasteiger partial charge in [-0.25, -0.2) is 15.0 Å². The fourth-order valence-corrected chi connectivity index (χ4v) is 1.70. The van der Waals surface area contributed by atoms with Crippen LogP contribution in [0.5, 0.6) is 0 Å². The van der Waals surface area contributed by atoms with Crippen LogP contribution >= 0.6 is 0 Å². The lowest BCUT2D eigenvalue weighted by molar-refractivity contribution is -0.127. The number of anilines is 1. The van der Waals surface area contributed by atoms with Crippen LogP contribution in [-0.2, 0) is 4.79 Å². The molecule has 2 aromatic heterocycles. The number of hydrogen-bond acceptors (Lipinski definition) is 10. The lowest BCUT2D eigenvalue weighted by atomic mass is 10.1. The Morgan fingerprint density at radius 3 is 2.62 bits per heavy atom. The number of aliphatic hydroxyl groups excluding tert-OH is 5. The third kappa shape index (κ3) is 6.46. The molecule has 0 saturated carbocycles. The van der Waals surface area contributed by atoms with Crippen molar-refractivity contribution in [1.29, 1.82) is 0 Å². The van der Waals surface area contributed by atoms with Gasteiger partial charge < -0.3 is 40.6 Å². The van der Waals surface area contributed by atoms with Crippen molar-refractivity contribution < 1.29 is 30.3 Å². The van der Waals surface area contributed by atoms with E-state index in [9.17, 15) is 4.79 Å². The molecule has 0 spiro atoms. The highest BCUT2D eigenvalue weighted by molar-refractivity contribution is 5.81. The van der Waals surface area contributed by atoms with Gasteiger partial charge in [0.1, 0.15) is 30.2 Å². The normalized spacial score (nSPS) is 14.9. The molecule has 0 amide bonds. The zero-order valence-corrected chi connectivity index (χ0v) is 14.1. The fraction of sp³-hybridized carbons (Fsp3) is 0.467. The largest absolute Gasteiger partial charge is 0.394 e. The number of aromatic nitrogens is 4. The summed E-state index contributed by atoms with van der Waals surface area (Å²) >= 11 is 0. The van der Waals surface area contributed by atoms with Gasteiger partial charge in [0.2, 0.25) is 0 Å². The lowest BCUT2D eigenvalue weighted by Gasteiger charge is -2.16. The summed E-state index contributed by atoms with van der Waals surface area (Å²) in [5.41, 5.74) is 2.35. The first-order chi connectivity index (χ1) is 12.4. The highest BCUT2D eigenvalue weighted by Crippen LogP contribution is 2.13. The summed E-state index contributed by atoms with van der Waals surface area (Å²) in [6.45, 7) is 1.85. The fourth-order valence-electron chi connectivity index (χ4n) is 1.70. The molecule has 144 valence electrons. The van der Waals surface area contributed by atoms with Gasteiger partial charge in [0.05, 0.1) is 19.5 Å². The van der Waals surface area contributed by atoms with Crippen molar-refractivity contribution in [2.24, 2.45) is 0 Å². The summed E-state index contributed by atoms with van der Waals surface area (Å²) in [4.78, 5) is 24.9. The van der Waals surface area contributed by atoms with Gasteiger partial charge in [-0.05, 0) is 6.92 Å². The molecule has 0 unspecified atom stereocenters. The summed E-state index contributed by atoms with van der Waals surface area (Å²) < 4.78 is 0. The molecule has 0 aliphatic carbocycles. The SMILES string of the molecule is C/C(=C\CNc1ncnc2[nH]cnc12)CO.O=C[C@H](O)[C@H](O)[C@H](O)CO. The van der Waals surface area contributed by atoms with Gasteiger partial charge in [-0.3, -0.25) is 0 Å². The van der Waals surface area contributed by atoms with E-state index < -0.39 is 24.9 Å². The molecule has 0 bridgehead atoms. The van der Waals surface area contributed by atoms with Crippen LogP contribution in [0.25, 0.3) is 11.2 Å². The summed E-state index contributed by atoms with van der Waals surface area (Å²) in [5.74, 6) is 0.688. The number of nitrogens with one attached hydrogen (secondary N) is 2. The van der Waals surface area contributed by atoms with Crippen LogP contribution in [0.2, 0.25) is 0 Å². The maximum Gasteiger partial charge on any atom is 0.162 e. The average molecular weight is 369 g/mol. The molecule has 3 atom stereocenters. The van der Waals surface area contributed by atoms with E-state index in [1.54, 1.807) is 6.33 Å². The number of carbonyl (C=O) groups is 1. The number of hydrogen-bond donors (Lipinski definition) is 7. The van der Waals surface area contributed by atoms with Crippen molar-refractivity contribution in [3.05, 3.63) is 24.3 Å².